The topological polar surface area (TPSA) is 0 Å². The minimum absolute atomic E-state index is 0. The van der Waals surface area contributed by atoms with Crippen molar-refractivity contribution in [3.05, 3.63) is 123 Å². The quantitative estimate of drug-likeness (QED) is 0.295. The Bertz CT molecular complexity index is 1460. The molecule has 4 aromatic carbocycles. The molecular formula is C32H29Cl3SiZr. The first-order chi connectivity index (χ1) is 17.1. The first kappa shape index (κ1) is 28.6. The van der Waals surface area contributed by atoms with Gasteiger partial charge >= 0.3 is 228 Å². The summed E-state index contributed by atoms with van der Waals surface area (Å²) in [6.45, 7) is 7.45. The Morgan fingerprint density at radius 1 is 0.730 bits per heavy atom. The normalized spacial score (nSPS) is 16.6. The average Bonchev–Trinajstić information content (AvgIpc) is 3.40. The summed E-state index contributed by atoms with van der Waals surface area (Å²) in [5.41, 5.74) is 14.7. The largest absolute Gasteiger partial charge is 1.00 e. The van der Waals surface area contributed by atoms with Gasteiger partial charge in [-0.05, 0) is 0 Å². The zero-order valence-corrected chi connectivity index (χ0v) is 27.1. The second-order valence-electron chi connectivity index (χ2n) is 9.97. The van der Waals surface area contributed by atoms with Gasteiger partial charge in [-0.25, -0.2) is 0 Å². The van der Waals surface area contributed by atoms with Crippen molar-refractivity contribution in [1.29, 1.82) is 0 Å². The minimum atomic E-state index is -0.595. The average molecular weight is 639 g/mol. The van der Waals surface area contributed by atoms with Crippen molar-refractivity contribution >= 4 is 23.6 Å². The third kappa shape index (κ3) is 5.02. The molecule has 6 rings (SSSR count). The Labute approximate surface area is 250 Å². The van der Waals surface area contributed by atoms with Crippen molar-refractivity contribution in [2.45, 2.75) is 36.0 Å². The molecule has 2 aliphatic carbocycles. The van der Waals surface area contributed by atoms with Gasteiger partial charge in [-0.3, -0.25) is 0 Å². The van der Waals surface area contributed by atoms with Crippen LogP contribution in [0.15, 0.2) is 90.5 Å². The van der Waals surface area contributed by atoms with E-state index in [0.29, 0.717) is 9.54 Å². The van der Waals surface area contributed by atoms with Crippen LogP contribution in [0.3, 0.4) is 0 Å². The molecule has 0 aromatic heterocycles. The molecule has 186 valence electrons. The minimum Gasteiger partial charge on any atom is -1.00 e. The molecule has 0 nitrogen and oxygen atoms in total. The van der Waals surface area contributed by atoms with Crippen molar-refractivity contribution in [3.8, 4) is 22.3 Å². The molecule has 0 heterocycles. The summed E-state index contributed by atoms with van der Waals surface area (Å²) >= 11 is 5.68. The number of benzene rings is 4. The van der Waals surface area contributed by atoms with Gasteiger partial charge in [0, 0.05) is 0 Å². The predicted molar refractivity (Wildman–Crippen MR) is 150 cm³/mol. The molecular weight excluding hydrogens is 610 g/mol. The molecule has 4 aromatic rings. The van der Waals surface area contributed by atoms with Gasteiger partial charge < -0.3 is 24.8 Å². The van der Waals surface area contributed by atoms with Crippen LogP contribution in [0.25, 0.3) is 28.3 Å². The Balaban J connectivity index is 0.00000160. The SMILES string of the molecule is CCC1=Cc2c(-c3ccc(Cl)cc3)cccc2C1c1cccc2c1[CH]([Zr+2][SiH](C)C)c1ccccc1-2.[Cl-].[Cl-]. The van der Waals surface area contributed by atoms with Crippen LogP contribution in [0.4, 0.5) is 0 Å². The smallest absolute Gasteiger partial charge is 1.00 e. The van der Waals surface area contributed by atoms with Gasteiger partial charge in [0.1, 0.15) is 0 Å². The van der Waals surface area contributed by atoms with Crippen LogP contribution < -0.4 is 24.8 Å². The second-order valence-corrected chi connectivity index (χ2v) is 25.4. The van der Waals surface area contributed by atoms with Crippen molar-refractivity contribution in [1.82, 2.24) is 0 Å². The first-order valence-corrected chi connectivity index (χ1v) is 21.6. The number of allylic oxidation sites excluding steroid dienone is 1. The molecule has 0 fully saturated rings. The van der Waals surface area contributed by atoms with Gasteiger partial charge in [0.05, 0.1) is 0 Å². The van der Waals surface area contributed by atoms with Gasteiger partial charge in [-0.15, -0.1) is 0 Å². The van der Waals surface area contributed by atoms with Crippen LogP contribution in [0.2, 0.25) is 18.1 Å². The molecule has 0 spiro atoms. The van der Waals surface area contributed by atoms with Gasteiger partial charge in [-0.1, -0.05) is 0 Å². The van der Waals surface area contributed by atoms with E-state index < -0.39 is 28.3 Å². The fourth-order valence-electron chi connectivity index (χ4n) is 6.07. The molecule has 37 heavy (non-hydrogen) atoms. The Morgan fingerprint density at radius 3 is 2.05 bits per heavy atom. The zero-order valence-electron chi connectivity index (χ0n) is 21.2. The van der Waals surface area contributed by atoms with Crippen LogP contribution in [-0.4, -0.2) is 5.92 Å². The molecule has 0 saturated heterocycles. The summed E-state index contributed by atoms with van der Waals surface area (Å²) < 4.78 is 0.689. The van der Waals surface area contributed by atoms with E-state index in [4.69, 9.17) is 11.6 Å². The predicted octanol–water partition coefficient (Wildman–Crippen LogP) is 3.09. The standard InChI is InChI=1S/C30H22Cl.C2H7Si.2ClH.Zr/c1-2-19-17-28-23(20-13-15-22(31)16-14-20)9-5-11-26(28)30(19)27-12-6-10-25-24-8-4-3-7-21(24)18-29(25)27;1-3-2;;;/h3-18,30H,2H2,1H3;3H,1-2H3;2*1H;/q;;;;+2/p-2. The van der Waals surface area contributed by atoms with Crippen LogP contribution in [0, 0.1) is 0 Å². The maximum Gasteiger partial charge on any atom is -1.00 e. The van der Waals surface area contributed by atoms with Crippen LogP contribution in [0.1, 0.15) is 50.7 Å². The zero-order chi connectivity index (χ0) is 24.1. The number of hydrogen-bond donors (Lipinski definition) is 0. The number of halogens is 3. The fraction of sp³-hybridized carbons (Fsp3) is 0.188. The molecule has 0 N–H and O–H groups in total. The van der Waals surface area contributed by atoms with E-state index in [1.165, 1.54) is 39.0 Å². The molecule has 2 aliphatic rings. The molecule has 5 heteroatoms. The summed E-state index contributed by atoms with van der Waals surface area (Å²) in [4.78, 5) is 0. The van der Waals surface area contributed by atoms with Crippen molar-refractivity contribution in [2.75, 3.05) is 0 Å². The molecule has 0 amide bonds. The second kappa shape index (κ2) is 11.8. The van der Waals surface area contributed by atoms with Crippen LogP contribution in [-0.2, 0) is 22.4 Å². The number of fused-ring (bicyclic) bond motifs is 4. The van der Waals surface area contributed by atoms with Gasteiger partial charge in [-0.2, -0.15) is 0 Å². The molecule has 0 saturated carbocycles. The number of hydrogen-bond acceptors (Lipinski definition) is 0. The van der Waals surface area contributed by atoms with Gasteiger partial charge in [0.25, 0.3) is 0 Å². The Morgan fingerprint density at radius 2 is 1.35 bits per heavy atom. The maximum absolute atomic E-state index is 6.20. The molecule has 2 atom stereocenters. The van der Waals surface area contributed by atoms with Gasteiger partial charge in [0.2, 0.25) is 0 Å². The maximum atomic E-state index is 6.20. The van der Waals surface area contributed by atoms with Crippen molar-refractivity contribution < 1.29 is 47.2 Å². The Hall–Kier alpha value is -1.41. The van der Waals surface area contributed by atoms with Gasteiger partial charge in [0.15, 0.2) is 0 Å². The van der Waals surface area contributed by atoms with Crippen molar-refractivity contribution in [2.24, 2.45) is 0 Å². The summed E-state index contributed by atoms with van der Waals surface area (Å²) in [7, 11) is 0. The molecule has 2 unspecified atom stereocenters. The molecule has 0 radical (unpaired) electrons. The third-order valence-electron chi connectivity index (χ3n) is 7.52. The van der Waals surface area contributed by atoms with E-state index in [9.17, 15) is 0 Å². The number of rotatable bonds is 5. The summed E-state index contributed by atoms with van der Waals surface area (Å²) in [5, 5.41) is 0.785. The fourth-order valence-corrected chi connectivity index (χ4v) is 16.1. The third-order valence-corrected chi connectivity index (χ3v) is 17.6. The summed E-state index contributed by atoms with van der Waals surface area (Å²) in [5.74, 6) is -0.245. The molecule has 0 bridgehead atoms. The molecule has 0 aliphatic heterocycles. The monoisotopic (exact) mass is 636 g/mol. The summed E-state index contributed by atoms with van der Waals surface area (Å²) in [6, 6.07) is 31.6. The Kier molecular flexibility index (Phi) is 9.09. The van der Waals surface area contributed by atoms with E-state index in [0.717, 1.165) is 11.4 Å². The van der Waals surface area contributed by atoms with Crippen LogP contribution in [0.5, 0.6) is 0 Å². The van der Waals surface area contributed by atoms with Crippen LogP contribution >= 0.6 is 11.6 Å². The van der Waals surface area contributed by atoms with E-state index >= 15 is 0 Å². The van der Waals surface area contributed by atoms with E-state index in [1.54, 1.807) is 16.7 Å². The summed E-state index contributed by atoms with van der Waals surface area (Å²) in [6.07, 6.45) is 3.55. The van der Waals surface area contributed by atoms with E-state index in [2.05, 4.69) is 98.9 Å². The van der Waals surface area contributed by atoms with E-state index in [-0.39, 0.29) is 24.8 Å². The first-order valence-electron chi connectivity index (χ1n) is 12.6. The van der Waals surface area contributed by atoms with E-state index in [1.807, 2.05) is 12.1 Å². The van der Waals surface area contributed by atoms with Crippen molar-refractivity contribution in [3.63, 3.8) is 0 Å².